The lowest BCUT2D eigenvalue weighted by molar-refractivity contribution is -0.220. The summed E-state index contributed by atoms with van der Waals surface area (Å²) in [4.78, 5) is 35.8. The standard InChI is InChI=1S/C50H95O13P/c1-3-5-7-9-11-13-15-17-19-21-22-23-25-26-28-30-32-34-36-38-43(51)60-40-42(41-61-64(58,59)63-50-48(56)46(54)45(53)47(55)49(50)57)62-44(52)39-37-35-33-31-29-27-24-20-18-16-14-12-10-8-6-4-2/h20,24,42,45-50,53-57H,3-19,21-23,25-41H2,1-2H3,(H,58,59)/b24-20-/t42-,45?,46-,47?,48?,49?,50?/m1/s1. The monoisotopic (exact) mass is 935 g/mol. The number of aliphatic hydroxyl groups is 5. The van der Waals surface area contributed by atoms with E-state index in [-0.39, 0.29) is 12.8 Å². The van der Waals surface area contributed by atoms with Crippen molar-refractivity contribution in [2.24, 2.45) is 0 Å². The third-order valence-electron chi connectivity index (χ3n) is 12.4. The van der Waals surface area contributed by atoms with Crippen LogP contribution in [0.3, 0.4) is 0 Å². The van der Waals surface area contributed by atoms with Crippen LogP contribution < -0.4 is 0 Å². The second-order valence-electron chi connectivity index (χ2n) is 18.4. The van der Waals surface area contributed by atoms with Gasteiger partial charge in [0, 0.05) is 12.8 Å². The largest absolute Gasteiger partial charge is 0.472 e. The Labute approximate surface area is 388 Å². The molecule has 0 saturated heterocycles. The van der Waals surface area contributed by atoms with Crippen LogP contribution in [0.25, 0.3) is 0 Å². The van der Waals surface area contributed by atoms with E-state index in [0.717, 1.165) is 57.8 Å². The van der Waals surface area contributed by atoms with Gasteiger partial charge in [-0.25, -0.2) is 4.57 Å². The molecule has 0 amide bonds. The summed E-state index contributed by atoms with van der Waals surface area (Å²) in [5, 5.41) is 50.2. The highest BCUT2D eigenvalue weighted by atomic mass is 31.2. The predicted molar refractivity (Wildman–Crippen MR) is 254 cm³/mol. The third-order valence-corrected chi connectivity index (χ3v) is 13.3. The van der Waals surface area contributed by atoms with E-state index in [9.17, 15) is 44.6 Å². The average Bonchev–Trinajstić information content (AvgIpc) is 3.28. The molecular weight excluding hydrogens is 840 g/mol. The molecule has 0 bridgehead atoms. The number of phosphoric ester groups is 1. The summed E-state index contributed by atoms with van der Waals surface area (Å²) in [5.74, 6) is -1.09. The molecule has 0 aromatic carbocycles. The van der Waals surface area contributed by atoms with Gasteiger partial charge >= 0.3 is 19.8 Å². The van der Waals surface area contributed by atoms with E-state index in [4.69, 9.17) is 18.5 Å². The first-order valence-corrected chi connectivity index (χ1v) is 27.5. The van der Waals surface area contributed by atoms with Gasteiger partial charge in [-0.05, 0) is 38.5 Å². The van der Waals surface area contributed by atoms with Crippen LogP contribution in [-0.4, -0.2) is 98.3 Å². The Morgan fingerprint density at radius 2 is 0.797 bits per heavy atom. The zero-order chi connectivity index (χ0) is 47.1. The summed E-state index contributed by atoms with van der Waals surface area (Å²) in [7, 11) is -5.12. The third kappa shape index (κ3) is 32.3. The van der Waals surface area contributed by atoms with E-state index in [1.807, 2.05) is 0 Å². The summed E-state index contributed by atoms with van der Waals surface area (Å²) in [6, 6.07) is 0. The van der Waals surface area contributed by atoms with Crippen LogP contribution in [0, 0.1) is 0 Å². The fourth-order valence-corrected chi connectivity index (χ4v) is 9.14. The molecule has 6 unspecified atom stereocenters. The molecule has 0 spiro atoms. The van der Waals surface area contributed by atoms with E-state index >= 15 is 0 Å². The Morgan fingerprint density at radius 3 is 1.19 bits per heavy atom. The van der Waals surface area contributed by atoms with Crippen LogP contribution in [-0.2, 0) is 32.7 Å². The zero-order valence-electron chi connectivity index (χ0n) is 40.3. The van der Waals surface area contributed by atoms with E-state index in [0.29, 0.717) is 12.8 Å². The van der Waals surface area contributed by atoms with Crippen molar-refractivity contribution in [1.82, 2.24) is 0 Å². The van der Waals surface area contributed by atoms with Crippen LogP contribution in [0.1, 0.15) is 239 Å². The molecule has 14 heteroatoms. The summed E-state index contributed by atoms with van der Waals surface area (Å²) < 4.78 is 33.6. The molecule has 1 aliphatic rings. The molecule has 6 N–H and O–H groups in total. The van der Waals surface area contributed by atoms with Crippen molar-refractivity contribution >= 4 is 19.8 Å². The van der Waals surface area contributed by atoms with Crippen LogP contribution in [0.4, 0.5) is 0 Å². The lowest BCUT2D eigenvalue weighted by atomic mass is 9.85. The molecule has 13 nitrogen and oxygen atoms in total. The topological polar surface area (TPSA) is 210 Å². The Kier molecular flexibility index (Phi) is 38.5. The van der Waals surface area contributed by atoms with Gasteiger partial charge in [0.1, 0.15) is 43.2 Å². The Morgan fingerprint density at radius 1 is 0.469 bits per heavy atom. The first kappa shape index (κ1) is 60.6. The van der Waals surface area contributed by atoms with Crippen molar-refractivity contribution < 1.29 is 63.1 Å². The molecule has 8 atom stereocenters. The molecule has 1 saturated carbocycles. The van der Waals surface area contributed by atoms with Gasteiger partial charge in [0.2, 0.25) is 0 Å². The minimum Gasteiger partial charge on any atom is -0.462 e. The summed E-state index contributed by atoms with van der Waals surface area (Å²) in [6.45, 7) is 3.33. The number of carbonyl (C=O) groups is 2. The number of phosphoric acid groups is 1. The van der Waals surface area contributed by atoms with E-state index in [1.165, 1.54) is 141 Å². The quantitative estimate of drug-likeness (QED) is 0.0146. The minimum atomic E-state index is -5.12. The van der Waals surface area contributed by atoms with Crippen molar-refractivity contribution in [1.29, 1.82) is 0 Å². The Balaban J connectivity index is 2.38. The summed E-state index contributed by atoms with van der Waals surface area (Å²) in [6.07, 6.45) is 31.2. The Bertz CT molecular complexity index is 1170. The number of esters is 2. The number of aliphatic hydroxyl groups excluding tert-OH is 5. The van der Waals surface area contributed by atoms with Gasteiger partial charge in [0.15, 0.2) is 6.10 Å². The van der Waals surface area contributed by atoms with Gasteiger partial charge in [-0.1, -0.05) is 199 Å². The van der Waals surface area contributed by atoms with Gasteiger partial charge in [-0.3, -0.25) is 18.6 Å². The number of unbranched alkanes of at least 4 members (excludes halogenated alkanes) is 30. The highest BCUT2D eigenvalue weighted by Gasteiger charge is 2.51. The summed E-state index contributed by atoms with van der Waals surface area (Å²) in [5.41, 5.74) is 0. The normalized spacial score (nSPS) is 21.6. The van der Waals surface area contributed by atoms with Crippen molar-refractivity contribution in [3.63, 3.8) is 0 Å². The smallest absolute Gasteiger partial charge is 0.462 e. The molecule has 0 heterocycles. The fourth-order valence-electron chi connectivity index (χ4n) is 8.17. The molecule has 0 radical (unpaired) electrons. The van der Waals surface area contributed by atoms with Gasteiger partial charge < -0.3 is 39.9 Å². The SMILES string of the molecule is CCCCCCCCC/C=C\CCCCCCCC(=O)O[C@H](COC(=O)CCCCCCCCCCCCCCCCCCCCC)COP(=O)(O)OC1C(O)C(O)C(O)[C@@H](O)C1O. The van der Waals surface area contributed by atoms with Crippen LogP contribution in [0.15, 0.2) is 12.2 Å². The highest BCUT2D eigenvalue weighted by molar-refractivity contribution is 7.47. The molecular formula is C50H95O13P. The lowest BCUT2D eigenvalue weighted by Crippen LogP contribution is -2.64. The van der Waals surface area contributed by atoms with Crippen molar-refractivity contribution in [3.8, 4) is 0 Å². The number of carbonyl (C=O) groups excluding carboxylic acids is 2. The maximum atomic E-state index is 12.8. The highest BCUT2D eigenvalue weighted by Crippen LogP contribution is 2.47. The zero-order valence-corrected chi connectivity index (χ0v) is 41.2. The second kappa shape index (κ2) is 40.6. The number of hydrogen-bond donors (Lipinski definition) is 6. The average molecular weight is 935 g/mol. The number of hydrogen-bond acceptors (Lipinski definition) is 12. The molecule has 0 aliphatic heterocycles. The van der Waals surface area contributed by atoms with Crippen LogP contribution >= 0.6 is 7.82 Å². The van der Waals surface area contributed by atoms with Gasteiger partial charge in [0.25, 0.3) is 0 Å². The molecule has 64 heavy (non-hydrogen) atoms. The molecule has 1 fully saturated rings. The lowest BCUT2D eigenvalue weighted by Gasteiger charge is -2.41. The van der Waals surface area contributed by atoms with Crippen LogP contribution in [0.5, 0.6) is 0 Å². The maximum Gasteiger partial charge on any atom is 0.472 e. The van der Waals surface area contributed by atoms with Gasteiger partial charge in [-0.2, -0.15) is 0 Å². The Hall–Kier alpha value is -1.41. The van der Waals surface area contributed by atoms with E-state index < -0.39 is 75.7 Å². The maximum absolute atomic E-state index is 12.8. The number of allylic oxidation sites excluding steroid dienone is 2. The first-order valence-electron chi connectivity index (χ1n) is 26.0. The summed E-state index contributed by atoms with van der Waals surface area (Å²) >= 11 is 0. The minimum absolute atomic E-state index is 0.0913. The van der Waals surface area contributed by atoms with Crippen molar-refractivity contribution in [2.75, 3.05) is 13.2 Å². The van der Waals surface area contributed by atoms with E-state index in [1.54, 1.807) is 0 Å². The van der Waals surface area contributed by atoms with Crippen LogP contribution in [0.2, 0.25) is 0 Å². The van der Waals surface area contributed by atoms with E-state index in [2.05, 4.69) is 26.0 Å². The van der Waals surface area contributed by atoms with Crippen molar-refractivity contribution in [2.45, 2.75) is 281 Å². The van der Waals surface area contributed by atoms with Gasteiger partial charge in [-0.15, -0.1) is 0 Å². The fraction of sp³-hybridized carbons (Fsp3) is 0.920. The molecule has 378 valence electrons. The molecule has 1 rings (SSSR count). The van der Waals surface area contributed by atoms with Crippen molar-refractivity contribution in [3.05, 3.63) is 12.2 Å². The molecule has 0 aromatic heterocycles. The predicted octanol–water partition coefficient (Wildman–Crippen LogP) is 11.0. The molecule has 1 aliphatic carbocycles. The first-order chi connectivity index (χ1) is 30.9. The number of rotatable bonds is 44. The molecule has 0 aromatic rings. The second-order valence-corrected chi connectivity index (χ2v) is 19.8. The van der Waals surface area contributed by atoms with Gasteiger partial charge in [0.05, 0.1) is 6.61 Å². The number of ether oxygens (including phenoxy) is 2.